The molecule has 4 rings (SSSR count). The Hall–Kier alpha value is -2.70. The second-order valence-electron chi connectivity index (χ2n) is 6.58. The number of amides is 1. The molecule has 6 heteroatoms. The maximum atomic E-state index is 12.5. The standard InChI is InChI=1S/C21H21N3O2S/c25-18-10-12-23(13-11-18)20(26)9-8-16-15-24(17-5-2-1-3-6-17)22-21(16)19-7-4-14-27-19/h1-9,14-15,18,25H,10-13H2/b9-8+. The number of carbonyl (C=O) groups excluding carboxylic acids is 1. The molecular formula is C21H21N3O2S. The number of hydrogen-bond acceptors (Lipinski definition) is 4. The van der Waals surface area contributed by atoms with Crippen molar-refractivity contribution in [2.45, 2.75) is 18.9 Å². The molecule has 1 N–H and O–H groups in total. The van der Waals surface area contributed by atoms with E-state index >= 15 is 0 Å². The Labute approximate surface area is 162 Å². The van der Waals surface area contributed by atoms with Crippen molar-refractivity contribution in [3.63, 3.8) is 0 Å². The van der Waals surface area contributed by atoms with Gasteiger partial charge in [-0.3, -0.25) is 4.79 Å². The fraction of sp³-hybridized carbons (Fsp3) is 0.238. The van der Waals surface area contributed by atoms with E-state index in [-0.39, 0.29) is 12.0 Å². The summed E-state index contributed by atoms with van der Waals surface area (Å²) in [5.41, 5.74) is 2.75. The van der Waals surface area contributed by atoms with Gasteiger partial charge in [-0.2, -0.15) is 5.10 Å². The van der Waals surface area contributed by atoms with Gasteiger partial charge in [0.2, 0.25) is 5.91 Å². The number of hydrogen-bond donors (Lipinski definition) is 1. The highest BCUT2D eigenvalue weighted by Crippen LogP contribution is 2.28. The lowest BCUT2D eigenvalue weighted by atomic mass is 10.1. The van der Waals surface area contributed by atoms with E-state index < -0.39 is 0 Å². The van der Waals surface area contributed by atoms with Crippen molar-refractivity contribution in [2.75, 3.05) is 13.1 Å². The summed E-state index contributed by atoms with van der Waals surface area (Å²) in [6.07, 6.45) is 6.41. The van der Waals surface area contributed by atoms with Gasteiger partial charge in [0.25, 0.3) is 0 Å². The highest BCUT2D eigenvalue weighted by molar-refractivity contribution is 7.13. The SMILES string of the molecule is O=C(/C=C/c1cn(-c2ccccc2)nc1-c1cccs1)N1CCC(O)CC1. The summed E-state index contributed by atoms with van der Waals surface area (Å²) in [6.45, 7) is 1.21. The first kappa shape index (κ1) is 17.7. The van der Waals surface area contributed by atoms with E-state index in [2.05, 4.69) is 0 Å². The molecule has 2 aromatic heterocycles. The Morgan fingerprint density at radius 3 is 2.63 bits per heavy atom. The van der Waals surface area contributed by atoms with E-state index in [1.807, 2.05) is 64.8 Å². The molecule has 0 unspecified atom stereocenters. The van der Waals surface area contributed by atoms with Crippen molar-refractivity contribution in [3.8, 4) is 16.3 Å². The van der Waals surface area contributed by atoms with Crippen LogP contribution in [0.25, 0.3) is 22.3 Å². The molecule has 27 heavy (non-hydrogen) atoms. The summed E-state index contributed by atoms with van der Waals surface area (Å²) in [5.74, 6) is -0.0218. The van der Waals surface area contributed by atoms with Gasteiger partial charge in [0.05, 0.1) is 16.7 Å². The first-order chi connectivity index (χ1) is 13.2. The average Bonchev–Trinajstić information content (AvgIpc) is 3.37. The van der Waals surface area contributed by atoms with Crippen LogP contribution in [0, 0.1) is 0 Å². The van der Waals surface area contributed by atoms with Crippen LogP contribution in [0.4, 0.5) is 0 Å². The van der Waals surface area contributed by atoms with E-state index in [1.165, 1.54) is 0 Å². The zero-order chi connectivity index (χ0) is 18.6. The van der Waals surface area contributed by atoms with Gasteiger partial charge in [-0.05, 0) is 42.5 Å². The third-order valence-electron chi connectivity index (χ3n) is 4.70. The minimum atomic E-state index is -0.285. The highest BCUT2D eigenvalue weighted by atomic mass is 32.1. The van der Waals surface area contributed by atoms with Crippen molar-refractivity contribution >= 4 is 23.3 Å². The Kier molecular flexibility index (Phi) is 5.18. The van der Waals surface area contributed by atoms with Crippen molar-refractivity contribution < 1.29 is 9.90 Å². The fourth-order valence-corrected chi connectivity index (χ4v) is 3.91. The fourth-order valence-electron chi connectivity index (χ4n) is 3.18. The third-order valence-corrected chi connectivity index (χ3v) is 5.58. The zero-order valence-electron chi connectivity index (χ0n) is 14.9. The largest absolute Gasteiger partial charge is 0.393 e. The van der Waals surface area contributed by atoms with Gasteiger partial charge in [0.15, 0.2) is 0 Å². The number of piperidine rings is 1. The van der Waals surface area contributed by atoms with Crippen LogP contribution < -0.4 is 0 Å². The minimum Gasteiger partial charge on any atom is -0.393 e. The van der Waals surface area contributed by atoms with E-state index in [0.29, 0.717) is 25.9 Å². The van der Waals surface area contributed by atoms with Gasteiger partial charge >= 0.3 is 0 Å². The highest BCUT2D eigenvalue weighted by Gasteiger charge is 2.20. The predicted octanol–water partition coefficient (Wildman–Crippen LogP) is 3.60. The molecule has 3 aromatic rings. The lowest BCUT2D eigenvalue weighted by Crippen LogP contribution is -2.39. The summed E-state index contributed by atoms with van der Waals surface area (Å²) in [7, 11) is 0. The molecular weight excluding hydrogens is 358 g/mol. The van der Waals surface area contributed by atoms with Crippen LogP contribution in [0.3, 0.4) is 0 Å². The topological polar surface area (TPSA) is 58.4 Å². The molecule has 3 heterocycles. The molecule has 138 valence electrons. The lowest BCUT2D eigenvalue weighted by molar-refractivity contribution is -0.127. The average molecular weight is 379 g/mol. The molecule has 1 aliphatic rings. The van der Waals surface area contributed by atoms with Crippen LogP contribution in [0.5, 0.6) is 0 Å². The monoisotopic (exact) mass is 379 g/mol. The predicted molar refractivity (Wildman–Crippen MR) is 108 cm³/mol. The molecule has 0 radical (unpaired) electrons. The smallest absolute Gasteiger partial charge is 0.246 e. The Morgan fingerprint density at radius 1 is 1.15 bits per heavy atom. The second-order valence-corrected chi connectivity index (χ2v) is 7.53. The first-order valence-corrected chi connectivity index (χ1v) is 9.93. The molecule has 0 bridgehead atoms. The quantitative estimate of drug-likeness (QED) is 0.705. The van der Waals surface area contributed by atoms with Crippen LogP contribution in [-0.4, -0.2) is 44.9 Å². The summed E-state index contributed by atoms with van der Waals surface area (Å²) in [6, 6.07) is 14.0. The van der Waals surface area contributed by atoms with Gasteiger partial charge in [-0.25, -0.2) is 4.68 Å². The van der Waals surface area contributed by atoms with E-state index in [0.717, 1.165) is 21.8 Å². The van der Waals surface area contributed by atoms with Gasteiger partial charge in [-0.15, -0.1) is 11.3 Å². The first-order valence-electron chi connectivity index (χ1n) is 9.05. The van der Waals surface area contributed by atoms with Crippen molar-refractivity contribution in [1.82, 2.24) is 14.7 Å². The van der Waals surface area contributed by atoms with Gasteiger partial charge in [0, 0.05) is 30.9 Å². The molecule has 1 aliphatic heterocycles. The number of para-hydroxylation sites is 1. The molecule has 0 atom stereocenters. The number of carbonyl (C=O) groups is 1. The summed E-state index contributed by atoms with van der Waals surface area (Å²) < 4.78 is 1.84. The molecule has 0 saturated carbocycles. The number of thiophene rings is 1. The van der Waals surface area contributed by atoms with Gasteiger partial charge in [-0.1, -0.05) is 24.3 Å². The molecule has 1 saturated heterocycles. The third kappa shape index (κ3) is 4.02. The summed E-state index contributed by atoms with van der Waals surface area (Å²) in [5, 5.41) is 16.4. The molecule has 1 aromatic carbocycles. The number of benzene rings is 1. The summed E-state index contributed by atoms with van der Waals surface area (Å²) >= 11 is 1.63. The number of nitrogens with zero attached hydrogens (tertiary/aromatic N) is 3. The Morgan fingerprint density at radius 2 is 1.93 bits per heavy atom. The molecule has 0 aliphatic carbocycles. The lowest BCUT2D eigenvalue weighted by Gasteiger charge is -2.28. The van der Waals surface area contributed by atoms with Gasteiger partial charge in [0.1, 0.15) is 5.69 Å². The van der Waals surface area contributed by atoms with Crippen LogP contribution >= 0.6 is 11.3 Å². The number of rotatable bonds is 4. The molecule has 1 fully saturated rings. The molecule has 0 spiro atoms. The van der Waals surface area contributed by atoms with E-state index in [1.54, 1.807) is 22.3 Å². The summed E-state index contributed by atoms with van der Waals surface area (Å²) in [4.78, 5) is 15.3. The van der Waals surface area contributed by atoms with Crippen molar-refractivity contribution in [3.05, 3.63) is 65.7 Å². The minimum absolute atomic E-state index is 0.0218. The number of aliphatic hydroxyl groups is 1. The number of likely N-dealkylation sites (tertiary alicyclic amines) is 1. The Balaban J connectivity index is 1.61. The van der Waals surface area contributed by atoms with Crippen molar-refractivity contribution in [2.24, 2.45) is 0 Å². The normalized spacial score (nSPS) is 15.5. The van der Waals surface area contributed by atoms with Crippen LogP contribution in [0.1, 0.15) is 18.4 Å². The van der Waals surface area contributed by atoms with E-state index in [9.17, 15) is 9.90 Å². The van der Waals surface area contributed by atoms with Gasteiger partial charge < -0.3 is 10.0 Å². The van der Waals surface area contributed by atoms with Crippen LogP contribution in [-0.2, 0) is 4.79 Å². The zero-order valence-corrected chi connectivity index (χ0v) is 15.7. The maximum Gasteiger partial charge on any atom is 0.246 e. The number of aromatic nitrogens is 2. The molecule has 5 nitrogen and oxygen atoms in total. The van der Waals surface area contributed by atoms with Crippen LogP contribution in [0.15, 0.2) is 60.1 Å². The second kappa shape index (κ2) is 7.90. The Bertz CT molecular complexity index is 924. The van der Waals surface area contributed by atoms with Crippen molar-refractivity contribution in [1.29, 1.82) is 0 Å². The van der Waals surface area contributed by atoms with Crippen LogP contribution in [0.2, 0.25) is 0 Å². The number of aliphatic hydroxyl groups excluding tert-OH is 1. The maximum absolute atomic E-state index is 12.5. The molecule has 1 amide bonds. The van der Waals surface area contributed by atoms with E-state index in [4.69, 9.17) is 5.10 Å².